The lowest BCUT2D eigenvalue weighted by Gasteiger charge is -2.11. The first-order valence-corrected chi connectivity index (χ1v) is 10.2. The highest BCUT2D eigenvalue weighted by molar-refractivity contribution is 7.18. The van der Waals surface area contributed by atoms with Crippen molar-refractivity contribution in [3.63, 3.8) is 0 Å². The van der Waals surface area contributed by atoms with Crippen molar-refractivity contribution in [3.05, 3.63) is 59.3 Å². The van der Waals surface area contributed by atoms with Gasteiger partial charge in [-0.25, -0.2) is 4.98 Å². The second-order valence-electron chi connectivity index (χ2n) is 7.06. The third-order valence-corrected chi connectivity index (χ3v) is 5.48. The molecular formula is C23H22N2O3S. The molecule has 6 heteroatoms. The molecule has 0 radical (unpaired) electrons. The number of hydrogen-bond donors (Lipinski definition) is 1. The van der Waals surface area contributed by atoms with Crippen LogP contribution in [0.25, 0.3) is 21.0 Å². The first-order valence-electron chi connectivity index (χ1n) is 9.36. The molecule has 0 aliphatic heterocycles. The lowest BCUT2D eigenvalue weighted by Crippen LogP contribution is -2.06. The number of benzene rings is 2. The molecule has 1 heterocycles. The molecule has 0 spiro atoms. The van der Waals surface area contributed by atoms with Crippen LogP contribution in [0.2, 0.25) is 0 Å². The van der Waals surface area contributed by atoms with Crippen molar-refractivity contribution in [2.75, 3.05) is 0 Å². The number of ether oxygens (including phenoxy) is 1. The van der Waals surface area contributed by atoms with Crippen LogP contribution in [0.15, 0.2) is 42.6 Å². The number of rotatable bonds is 7. The maximum Gasteiger partial charge on any atom is 0.303 e. The first kappa shape index (κ1) is 20.6. The van der Waals surface area contributed by atoms with Gasteiger partial charge in [0.05, 0.1) is 16.5 Å². The zero-order valence-electron chi connectivity index (χ0n) is 16.6. The molecule has 2 aromatic carbocycles. The van der Waals surface area contributed by atoms with E-state index in [9.17, 15) is 10.1 Å². The Balaban J connectivity index is 1.86. The number of aliphatic carboxylic acids is 1. The molecule has 0 fully saturated rings. The quantitative estimate of drug-likeness (QED) is 0.563. The van der Waals surface area contributed by atoms with Crippen molar-refractivity contribution < 1.29 is 14.6 Å². The van der Waals surface area contributed by atoms with Gasteiger partial charge in [0.1, 0.15) is 16.8 Å². The van der Waals surface area contributed by atoms with Gasteiger partial charge in [0, 0.05) is 18.2 Å². The van der Waals surface area contributed by atoms with Crippen molar-refractivity contribution >= 4 is 17.3 Å². The number of hydrogen-bond acceptors (Lipinski definition) is 5. The minimum Gasteiger partial charge on any atom is -0.490 e. The molecule has 0 bridgehead atoms. The molecule has 0 unspecified atom stereocenters. The van der Waals surface area contributed by atoms with Crippen LogP contribution in [0.1, 0.15) is 37.0 Å². The second kappa shape index (κ2) is 8.89. The third kappa shape index (κ3) is 5.01. The summed E-state index contributed by atoms with van der Waals surface area (Å²) in [5.41, 5.74) is 4.53. The fraction of sp³-hybridized carbons (Fsp3) is 0.261. The van der Waals surface area contributed by atoms with Crippen molar-refractivity contribution in [2.24, 2.45) is 0 Å². The van der Waals surface area contributed by atoms with Crippen molar-refractivity contribution in [1.82, 2.24) is 4.98 Å². The minimum atomic E-state index is -0.794. The largest absolute Gasteiger partial charge is 0.490 e. The maximum atomic E-state index is 10.8. The minimum absolute atomic E-state index is 0.00408. The van der Waals surface area contributed by atoms with E-state index in [0.29, 0.717) is 17.7 Å². The number of nitrogens with zero attached hydrogens (tertiary/aromatic N) is 2. The molecule has 3 aromatic rings. The van der Waals surface area contributed by atoms with Crippen molar-refractivity contribution in [3.8, 4) is 32.8 Å². The normalized spacial score (nSPS) is 10.7. The fourth-order valence-electron chi connectivity index (χ4n) is 3.03. The van der Waals surface area contributed by atoms with Crippen LogP contribution in [-0.4, -0.2) is 22.2 Å². The van der Waals surface area contributed by atoms with Gasteiger partial charge in [-0.3, -0.25) is 4.79 Å². The van der Waals surface area contributed by atoms with Crippen LogP contribution < -0.4 is 4.74 Å². The van der Waals surface area contributed by atoms with Crippen LogP contribution in [0.3, 0.4) is 0 Å². The number of carbonyl (C=O) groups is 1. The Labute approximate surface area is 174 Å². The highest BCUT2D eigenvalue weighted by Crippen LogP contribution is 2.35. The summed E-state index contributed by atoms with van der Waals surface area (Å²) >= 11 is 1.56. The summed E-state index contributed by atoms with van der Waals surface area (Å²) in [7, 11) is 0. The second-order valence-corrected chi connectivity index (χ2v) is 8.09. The number of aromatic nitrogens is 1. The van der Waals surface area contributed by atoms with E-state index >= 15 is 0 Å². The Morgan fingerprint density at radius 3 is 2.72 bits per heavy atom. The van der Waals surface area contributed by atoms with Crippen LogP contribution in [-0.2, 0) is 11.2 Å². The number of thiazole rings is 1. The predicted octanol–water partition coefficient (Wildman–Crippen LogP) is 5.46. The fourth-order valence-corrected chi connectivity index (χ4v) is 4.03. The Kier molecular flexibility index (Phi) is 6.30. The molecule has 3 rings (SSSR count). The predicted molar refractivity (Wildman–Crippen MR) is 114 cm³/mol. The average molecular weight is 407 g/mol. The topological polar surface area (TPSA) is 83.2 Å². The lowest BCUT2D eigenvalue weighted by atomic mass is 10.0. The molecule has 5 nitrogen and oxygen atoms in total. The zero-order valence-corrected chi connectivity index (χ0v) is 17.4. The van der Waals surface area contributed by atoms with E-state index < -0.39 is 5.97 Å². The SMILES string of the molecule is Cc1cc(CCC(=O)O)ccc1-c1ncc(-c2ccc(OC(C)C)c(C#N)c2)s1. The van der Waals surface area contributed by atoms with Gasteiger partial charge in [-0.05, 0) is 62.1 Å². The maximum absolute atomic E-state index is 10.8. The van der Waals surface area contributed by atoms with Gasteiger partial charge in [0.15, 0.2) is 0 Å². The van der Waals surface area contributed by atoms with Crippen LogP contribution >= 0.6 is 11.3 Å². The summed E-state index contributed by atoms with van der Waals surface area (Å²) in [4.78, 5) is 16.3. The van der Waals surface area contributed by atoms with Gasteiger partial charge < -0.3 is 9.84 Å². The number of carboxylic acids is 1. The number of nitriles is 1. The molecule has 1 aromatic heterocycles. The molecule has 0 saturated heterocycles. The Hall–Kier alpha value is -3.17. The van der Waals surface area contributed by atoms with E-state index in [4.69, 9.17) is 9.84 Å². The Bertz CT molecular complexity index is 1080. The summed E-state index contributed by atoms with van der Waals surface area (Å²) in [5.74, 6) is -0.207. The van der Waals surface area contributed by atoms with Crippen molar-refractivity contribution in [2.45, 2.75) is 39.7 Å². The smallest absolute Gasteiger partial charge is 0.303 e. The third-order valence-electron chi connectivity index (χ3n) is 4.40. The number of aryl methyl sites for hydroxylation is 2. The molecule has 0 amide bonds. The summed E-state index contributed by atoms with van der Waals surface area (Å²) in [6.07, 6.45) is 2.46. The average Bonchev–Trinajstić information content (AvgIpc) is 3.16. The van der Waals surface area contributed by atoms with E-state index in [1.807, 2.05) is 63.4 Å². The van der Waals surface area contributed by atoms with Gasteiger partial charge in [0.2, 0.25) is 0 Å². The van der Waals surface area contributed by atoms with Crippen LogP contribution in [0.5, 0.6) is 5.75 Å². The molecule has 0 saturated carbocycles. The standard InChI is InChI=1S/C23H22N2O3S/c1-14(2)28-20-8-6-17(11-18(20)12-24)21-13-25-23(29-21)19-7-4-16(10-15(19)3)5-9-22(26)27/h4,6-8,10-11,13-14H,5,9H2,1-3H3,(H,26,27). The molecule has 29 heavy (non-hydrogen) atoms. The Morgan fingerprint density at radius 2 is 2.07 bits per heavy atom. The zero-order chi connectivity index (χ0) is 21.0. The van der Waals surface area contributed by atoms with E-state index in [0.717, 1.165) is 32.1 Å². The number of carboxylic acid groups (broad SMARTS) is 1. The molecule has 148 valence electrons. The van der Waals surface area contributed by atoms with E-state index in [-0.39, 0.29) is 12.5 Å². The Morgan fingerprint density at radius 1 is 1.28 bits per heavy atom. The molecule has 1 N–H and O–H groups in total. The molecule has 0 aliphatic rings. The summed E-state index contributed by atoms with van der Waals surface area (Å²) < 4.78 is 5.69. The highest BCUT2D eigenvalue weighted by Gasteiger charge is 2.13. The summed E-state index contributed by atoms with van der Waals surface area (Å²) in [6, 6.07) is 13.8. The monoisotopic (exact) mass is 406 g/mol. The van der Waals surface area contributed by atoms with Crippen LogP contribution in [0, 0.1) is 18.3 Å². The summed E-state index contributed by atoms with van der Waals surface area (Å²) in [6.45, 7) is 5.87. The van der Waals surface area contributed by atoms with E-state index in [1.54, 1.807) is 11.3 Å². The van der Waals surface area contributed by atoms with Crippen molar-refractivity contribution in [1.29, 1.82) is 5.26 Å². The summed E-state index contributed by atoms with van der Waals surface area (Å²) in [5, 5.41) is 19.2. The molecular weight excluding hydrogens is 384 g/mol. The van der Waals surface area contributed by atoms with Gasteiger partial charge in [0.25, 0.3) is 0 Å². The first-order chi connectivity index (χ1) is 13.9. The van der Waals surface area contributed by atoms with Gasteiger partial charge in [-0.15, -0.1) is 11.3 Å². The molecule has 0 atom stereocenters. The molecule has 0 aliphatic carbocycles. The highest BCUT2D eigenvalue weighted by atomic mass is 32.1. The van der Waals surface area contributed by atoms with Crippen LogP contribution in [0.4, 0.5) is 0 Å². The van der Waals surface area contributed by atoms with Gasteiger partial charge in [-0.1, -0.05) is 18.2 Å². The van der Waals surface area contributed by atoms with E-state index in [2.05, 4.69) is 11.1 Å². The lowest BCUT2D eigenvalue weighted by molar-refractivity contribution is -0.136. The van der Waals surface area contributed by atoms with Gasteiger partial charge in [-0.2, -0.15) is 5.26 Å². The van der Waals surface area contributed by atoms with E-state index in [1.165, 1.54) is 0 Å². The van der Waals surface area contributed by atoms with Gasteiger partial charge >= 0.3 is 5.97 Å².